The second-order valence-corrected chi connectivity index (χ2v) is 4.57. The van der Waals surface area contributed by atoms with E-state index in [9.17, 15) is 4.79 Å². The second-order valence-electron chi connectivity index (χ2n) is 3.16. The average molecular weight is 352 g/mol. The molecule has 0 aliphatic rings. The van der Waals surface area contributed by atoms with Gasteiger partial charge >= 0.3 is 5.97 Å². The summed E-state index contributed by atoms with van der Waals surface area (Å²) in [7, 11) is 2.95. The van der Waals surface area contributed by atoms with Crippen molar-refractivity contribution in [1.29, 1.82) is 0 Å². The Labute approximate surface area is 111 Å². The Morgan fingerprint density at radius 1 is 1.38 bits per heavy atom. The summed E-state index contributed by atoms with van der Waals surface area (Å²) < 4.78 is 10.7. The van der Waals surface area contributed by atoms with Crippen LogP contribution < -0.4 is 4.74 Å². The Morgan fingerprint density at radius 3 is 2.56 bits per heavy atom. The van der Waals surface area contributed by atoms with Crippen molar-refractivity contribution >= 4 is 37.8 Å². The molecule has 0 aliphatic heterocycles. The lowest BCUT2D eigenvalue weighted by Gasteiger charge is -2.11. The first-order valence-electron chi connectivity index (χ1n) is 4.60. The number of hydrogen-bond acceptors (Lipinski definition) is 3. The first-order chi connectivity index (χ1) is 7.62. The topological polar surface area (TPSA) is 35.5 Å². The van der Waals surface area contributed by atoms with Crippen LogP contribution in [0.25, 0.3) is 0 Å². The van der Waals surface area contributed by atoms with Crippen molar-refractivity contribution in [3.8, 4) is 5.75 Å². The van der Waals surface area contributed by atoms with E-state index >= 15 is 0 Å². The van der Waals surface area contributed by atoms with Crippen molar-refractivity contribution in [3.63, 3.8) is 0 Å². The maximum absolute atomic E-state index is 11.3. The van der Waals surface area contributed by atoms with Crippen LogP contribution in [0, 0.1) is 0 Å². The predicted molar refractivity (Wildman–Crippen MR) is 69.0 cm³/mol. The maximum Gasteiger partial charge on any atom is 0.310 e. The van der Waals surface area contributed by atoms with Crippen LogP contribution in [0.2, 0.25) is 0 Å². The third-order valence-corrected chi connectivity index (χ3v) is 3.34. The van der Waals surface area contributed by atoms with Crippen molar-refractivity contribution in [2.45, 2.75) is 11.8 Å². The maximum atomic E-state index is 11.3. The normalized spacial score (nSPS) is 10.0. The lowest BCUT2D eigenvalue weighted by Crippen LogP contribution is -2.06. The molecule has 5 heteroatoms. The third-order valence-electron chi connectivity index (χ3n) is 2.10. The van der Waals surface area contributed by atoms with E-state index in [0.717, 1.165) is 20.9 Å². The van der Waals surface area contributed by atoms with E-state index in [4.69, 9.17) is 4.74 Å². The molecule has 1 aromatic rings. The van der Waals surface area contributed by atoms with Gasteiger partial charge in [-0.2, -0.15) is 0 Å². The summed E-state index contributed by atoms with van der Waals surface area (Å²) in [6, 6.07) is 3.88. The minimum absolute atomic E-state index is 0.207. The average Bonchev–Trinajstić information content (AvgIpc) is 2.28. The molecular weight excluding hydrogens is 340 g/mol. The summed E-state index contributed by atoms with van der Waals surface area (Å²) in [5.41, 5.74) is 1.89. The van der Waals surface area contributed by atoms with Gasteiger partial charge in [-0.15, -0.1) is 0 Å². The lowest BCUT2D eigenvalue weighted by atomic mass is 10.1. The molecule has 0 heterocycles. The van der Waals surface area contributed by atoms with Gasteiger partial charge in [-0.3, -0.25) is 4.79 Å². The van der Waals surface area contributed by atoms with Gasteiger partial charge in [-0.1, -0.05) is 22.0 Å². The molecule has 0 fully saturated rings. The Kier molecular flexibility index (Phi) is 5.28. The van der Waals surface area contributed by atoms with Crippen LogP contribution in [0.1, 0.15) is 11.1 Å². The fraction of sp³-hybridized carbons (Fsp3) is 0.364. The highest BCUT2D eigenvalue weighted by Gasteiger charge is 2.13. The molecule has 0 amide bonds. The van der Waals surface area contributed by atoms with Crippen molar-refractivity contribution in [1.82, 2.24) is 0 Å². The van der Waals surface area contributed by atoms with Crippen LogP contribution >= 0.6 is 31.9 Å². The molecule has 0 bridgehead atoms. The number of rotatable bonds is 4. The lowest BCUT2D eigenvalue weighted by molar-refractivity contribution is -0.139. The Bertz CT molecular complexity index is 391. The molecule has 0 radical (unpaired) electrons. The van der Waals surface area contributed by atoms with Gasteiger partial charge in [-0.25, -0.2) is 0 Å². The number of halogens is 2. The molecule has 1 rings (SSSR count). The number of alkyl halides is 1. The molecule has 0 atom stereocenters. The van der Waals surface area contributed by atoms with E-state index in [0.29, 0.717) is 5.75 Å². The van der Waals surface area contributed by atoms with Gasteiger partial charge in [0.05, 0.1) is 25.1 Å². The number of ether oxygens (including phenoxy) is 2. The molecule has 0 spiro atoms. The van der Waals surface area contributed by atoms with Gasteiger partial charge in [-0.05, 0) is 27.6 Å². The van der Waals surface area contributed by atoms with Crippen LogP contribution in [-0.2, 0) is 21.3 Å². The fourth-order valence-corrected chi connectivity index (χ4v) is 2.41. The molecule has 16 heavy (non-hydrogen) atoms. The molecule has 0 saturated heterocycles. The standard InChI is InChI=1S/C11H12Br2O3/c1-15-10(14)5-8-3-7(6-12)4-9(13)11(8)16-2/h3-4H,5-6H2,1-2H3. The molecule has 1 aromatic carbocycles. The minimum Gasteiger partial charge on any atom is -0.495 e. The van der Waals surface area contributed by atoms with E-state index < -0.39 is 0 Å². The van der Waals surface area contributed by atoms with E-state index in [1.807, 2.05) is 12.1 Å². The van der Waals surface area contributed by atoms with Crippen molar-refractivity contribution < 1.29 is 14.3 Å². The summed E-state index contributed by atoms with van der Waals surface area (Å²) in [4.78, 5) is 11.3. The van der Waals surface area contributed by atoms with Crippen molar-refractivity contribution in [2.75, 3.05) is 14.2 Å². The molecule has 88 valence electrons. The smallest absolute Gasteiger partial charge is 0.310 e. The Balaban J connectivity index is 3.12. The molecule has 3 nitrogen and oxygen atoms in total. The largest absolute Gasteiger partial charge is 0.495 e. The second kappa shape index (κ2) is 6.25. The molecule has 0 N–H and O–H groups in total. The zero-order valence-corrected chi connectivity index (χ0v) is 12.2. The van der Waals surface area contributed by atoms with E-state index in [2.05, 4.69) is 36.6 Å². The van der Waals surface area contributed by atoms with Crippen molar-refractivity contribution in [3.05, 3.63) is 27.7 Å². The number of hydrogen-bond donors (Lipinski definition) is 0. The predicted octanol–water partition coefficient (Wildman–Crippen LogP) is 3.07. The van der Waals surface area contributed by atoms with Crippen LogP contribution in [0.4, 0.5) is 0 Å². The molecular formula is C11H12Br2O3. The number of carbonyl (C=O) groups is 1. The SMILES string of the molecule is COC(=O)Cc1cc(CBr)cc(Br)c1OC. The molecule has 0 unspecified atom stereocenters. The zero-order chi connectivity index (χ0) is 12.1. The summed E-state index contributed by atoms with van der Waals surface area (Å²) >= 11 is 6.79. The van der Waals surface area contributed by atoms with Crippen LogP contribution in [0.15, 0.2) is 16.6 Å². The minimum atomic E-state index is -0.281. The van der Waals surface area contributed by atoms with Gasteiger partial charge in [0.1, 0.15) is 5.75 Å². The first-order valence-corrected chi connectivity index (χ1v) is 6.51. The van der Waals surface area contributed by atoms with Crippen molar-refractivity contribution in [2.24, 2.45) is 0 Å². The summed E-state index contributed by atoms with van der Waals surface area (Å²) in [6.07, 6.45) is 0.207. The van der Waals surface area contributed by atoms with Crippen LogP contribution in [-0.4, -0.2) is 20.2 Å². The Hall–Kier alpha value is -0.550. The van der Waals surface area contributed by atoms with Crippen LogP contribution in [0.3, 0.4) is 0 Å². The first kappa shape index (κ1) is 13.5. The highest BCUT2D eigenvalue weighted by Crippen LogP contribution is 2.31. The van der Waals surface area contributed by atoms with E-state index in [-0.39, 0.29) is 12.4 Å². The summed E-state index contributed by atoms with van der Waals surface area (Å²) in [5.74, 6) is 0.395. The quantitative estimate of drug-likeness (QED) is 0.617. The zero-order valence-electron chi connectivity index (χ0n) is 9.05. The molecule has 0 aromatic heterocycles. The van der Waals surface area contributed by atoms with Gasteiger partial charge in [0.2, 0.25) is 0 Å². The highest BCUT2D eigenvalue weighted by atomic mass is 79.9. The number of methoxy groups -OCH3 is 2. The number of carbonyl (C=O) groups excluding carboxylic acids is 1. The van der Waals surface area contributed by atoms with Gasteiger partial charge in [0.15, 0.2) is 0 Å². The number of benzene rings is 1. The Morgan fingerprint density at radius 2 is 2.06 bits per heavy atom. The summed E-state index contributed by atoms with van der Waals surface area (Å²) in [5, 5.41) is 0.726. The van der Waals surface area contributed by atoms with E-state index in [1.165, 1.54) is 7.11 Å². The highest BCUT2D eigenvalue weighted by molar-refractivity contribution is 9.10. The van der Waals surface area contributed by atoms with E-state index in [1.54, 1.807) is 7.11 Å². The molecule has 0 aliphatic carbocycles. The summed E-state index contributed by atoms with van der Waals surface area (Å²) in [6.45, 7) is 0. The van der Waals surface area contributed by atoms with Gasteiger partial charge in [0, 0.05) is 10.9 Å². The van der Waals surface area contributed by atoms with Gasteiger partial charge < -0.3 is 9.47 Å². The molecule has 0 saturated carbocycles. The monoisotopic (exact) mass is 350 g/mol. The van der Waals surface area contributed by atoms with Gasteiger partial charge in [0.25, 0.3) is 0 Å². The number of esters is 1. The third kappa shape index (κ3) is 3.22. The van der Waals surface area contributed by atoms with Crippen LogP contribution in [0.5, 0.6) is 5.75 Å². The fourth-order valence-electron chi connectivity index (χ4n) is 1.38.